The van der Waals surface area contributed by atoms with E-state index in [4.69, 9.17) is 9.26 Å². The van der Waals surface area contributed by atoms with Crippen LogP contribution in [0.1, 0.15) is 17.7 Å². The minimum absolute atomic E-state index is 0.0479. The lowest BCUT2D eigenvalue weighted by Gasteiger charge is -2.29. The number of methoxy groups -OCH3 is 1. The van der Waals surface area contributed by atoms with Crippen molar-refractivity contribution < 1.29 is 14.1 Å². The molecule has 0 saturated carbocycles. The lowest BCUT2D eigenvalue weighted by Crippen LogP contribution is -2.36. The smallest absolute Gasteiger partial charge is 0.233 e. The van der Waals surface area contributed by atoms with Gasteiger partial charge in [0, 0.05) is 23.9 Å². The average Bonchev–Trinajstić information content (AvgIpc) is 3.16. The first-order chi connectivity index (χ1) is 12.7. The summed E-state index contributed by atoms with van der Waals surface area (Å²) in [6, 6.07) is 17.5. The first kappa shape index (κ1) is 16.4. The molecular formula is C21H20N2O3. The summed E-state index contributed by atoms with van der Waals surface area (Å²) in [6.45, 7) is 0.749. The van der Waals surface area contributed by atoms with Gasteiger partial charge in [-0.3, -0.25) is 4.79 Å². The molecule has 0 fully saturated rings. The molecule has 3 aromatic rings. The molecule has 2 aromatic carbocycles. The van der Waals surface area contributed by atoms with Crippen LogP contribution in [-0.2, 0) is 17.6 Å². The van der Waals surface area contributed by atoms with Gasteiger partial charge in [-0.1, -0.05) is 23.4 Å². The van der Waals surface area contributed by atoms with Gasteiger partial charge in [0.15, 0.2) is 5.76 Å². The molecular weight excluding hydrogens is 328 g/mol. The Hall–Kier alpha value is -3.08. The van der Waals surface area contributed by atoms with Gasteiger partial charge in [-0.25, -0.2) is 0 Å². The van der Waals surface area contributed by atoms with Gasteiger partial charge in [0.25, 0.3) is 0 Å². The van der Waals surface area contributed by atoms with Crippen molar-refractivity contribution >= 4 is 11.6 Å². The number of carbonyl (C=O) groups is 1. The fraction of sp³-hybridized carbons (Fsp3) is 0.238. The second kappa shape index (κ2) is 7.04. The van der Waals surface area contributed by atoms with E-state index in [9.17, 15) is 4.79 Å². The molecule has 4 rings (SSSR count). The van der Waals surface area contributed by atoms with Crippen LogP contribution in [0.15, 0.2) is 59.1 Å². The van der Waals surface area contributed by atoms with Crippen LogP contribution in [0, 0.1) is 0 Å². The number of hydrogen-bond donors (Lipinski definition) is 0. The van der Waals surface area contributed by atoms with E-state index in [1.807, 2.05) is 53.4 Å². The van der Waals surface area contributed by atoms with Crippen molar-refractivity contribution in [3.8, 4) is 17.1 Å². The van der Waals surface area contributed by atoms with Gasteiger partial charge in [0.1, 0.15) is 5.75 Å². The summed E-state index contributed by atoms with van der Waals surface area (Å²) < 4.78 is 10.6. The van der Waals surface area contributed by atoms with E-state index >= 15 is 0 Å². The van der Waals surface area contributed by atoms with Gasteiger partial charge in [-0.05, 0) is 48.7 Å². The molecule has 0 unspecified atom stereocenters. The third-order valence-electron chi connectivity index (χ3n) is 4.68. The number of nitrogens with zero attached hydrogens (tertiary/aromatic N) is 2. The number of benzene rings is 2. The fourth-order valence-electron chi connectivity index (χ4n) is 3.33. The number of fused-ring (bicyclic) bond motifs is 1. The quantitative estimate of drug-likeness (QED) is 0.718. The largest absolute Gasteiger partial charge is 0.497 e. The predicted octanol–water partition coefficient (Wildman–Crippen LogP) is 3.87. The monoisotopic (exact) mass is 348 g/mol. The Morgan fingerprint density at radius 3 is 2.81 bits per heavy atom. The van der Waals surface area contributed by atoms with E-state index < -0.39 is 0 Å². The maximum atomic E-state index is 12.8. The average molecular weight is 348 g/mol. The molecule has 0 radical (unpaired) electrons. The van der Waals surface area contributed by atoms with Crippen LogP contribution in [0.25, 0.3) is 11.3 Å². The van der Waals surface area contributed by atoms with Crippen LogP contribution in [-0.4, -0.2) is 24.7 Å². The molecule has 0 atom stereocenters. The third kappa shape index (κ3) is 3.20. The highest BCUT2D eigenvalue weighted by Gasteiger charge is 2.23. The van der Waals surface area contributed by atoms with Crippen molar-refractivity contribution in [3.63, 3.8) is 0 Å². The molecule has 0 N–H and O–H groups in total. The van der Waals surface area contributed by atoms with E-state index in [1.165, 1.54) is 5.56 Å². The number of para-hydroxylation sites is 1. The third-order valence-corrected chi connectivity index (χ3v) is 4.68. The Balaban J connectivity index is 1.50. The minimum atomic E-state index is 0.0479. The van der Waals surface area contributed by atoms with Gasteiger partial charge in [0.2, 0.25) is 5.91 Å². The van der Waals surface area contributed by atoms with Crippen molar-refractivity contribution in [1.82, 2.24) is 5.16 Å². The standard InChI is InChI=1S/C21H20N2O3/c1-25-18-10-8-16(9-11-18)20-13-17(22-26-20)14-21(24)23-12-4-6-15-5-2-3-7-19(15)23/h2-3,5,7-11,13H,4,6,12,14H2,1H3. The highest BCUT2D eigenvalue weighted by Crippen LogP contribution is 2.28. The van der Waals surface area contributed by atoms with Gasteiger partial charge in [-0.2, -0.15) is 0 Å². The molecule has 1 aliphatic rings. The van der Waals surface area contributed by atoms with E-state index in [1.54, 1.807) is 7.11 Å². The molecule has 0 spiro atoms. The number of rotatable bonds is 4. The number of anilines is 1. The predicted molar refractivity (Wildman–Crippen MR) is 99.3 cm³/mol. The summed E-state index contributed by atoms with van der Waals surface area (Å²) in [6.07, 6.45) is 2.23. The Labute approximate surface area is 152 Å². The van der Waals surface area contributed by atoms with Crippen LogP contribution in [0.5, 0.6) is 5.75 Å². The number of aromatic nitrogens is 1. The zero-order chi connectivity index (χ0) is 17.9. The normalized spacial score (nSPS) is 13.3. The Kier molecular flexibility index (Phi) is 4.44. The Bertz CT molecular complexity index is 915. The summed E-state index contributed by atoms with van der Waals surface area (Å²) in [5.41, 5.74) is 3.79. The van der Waals surface area contributed by atoms with E-state index in [-0.39, 0.29) is 12.3 Å². The molecule has 1 aromatic heterocycles. The number of hydrogen-bond acceptors (Lipinski definition) is 4. The van der Waals surface area contributed by atoms with Crippen LogP contribution in [0.2, 0.25) is 0 Å². The van der Waals surface area contributed by atoms with Gasteiger partial charge < -0.3 is 14.2 Å². The second-order valence-corrected chi connectivity index (χ2v) is 6.37. The van der Waals surface area contributed by atoms with Crippen molar-refractivity contribution in [3.05, 3.63) is 65.9 Å². The van der Waals surface area contributed by atoms with Gasteiger partial charge >= 0.3 is 0 Å². The molecule has 0 bridgehead atoms. The van der Waals surface area contributed by atoms with Crippen molar-refractivity contribution in [2.45, 2.75) is 19.3 Å². The van der Waals surface area contributed by atoms with Crippen LogP contribution in [0.3, 0.4) is 0 Å². The van der Waals surface area contributed by atoms with Crippen LogP contribution >= 0.6 is 0 Å². The Morgan fingerprint density at radius 1 is 1.19 bits per heavy atom. The summed E-state index contributed by atoms with van der Waals surface area (Å²) in [4.78, 5) is 14.6. The SMILES string of the molecule is COc1ccc(-c2cc(CC(=O)N3CCCc4ccccc43)no2)cc1. The summed E-state index contributed by atoms with van der Waals surface area (Å²) in [5.74, 6) is 1.48. The topological polar surface area (TPSA) is 55.6 Å². The van der Waals surface area contributed by atoms with Gasteiger partial charge in [-0.15, -0.1) is 0 Å². The zero-order valence-electron chi connectivity index (χ0n) is 14.6. The molecule has 5 nitrogen and oxygen atoms in total. The van der Waals surface area contributed by atoms with Crippen LogP contribution < -0.4 is 9.64 Å². The molecule has 5 heteroatoms. The van der Waals surface area contributed by atoms with Gasteiger partial charge in [0.05, 0.1) is 19.2 Å². The van der Waals surface area contributed by atoms with Crippen molar-refractivity contribution in [2.75, 3.05) is 18.6 Å². The lowest BCUT2D eigenvalue weighted by molar-refractivity contribution is -0.118. The maximum absolute atomic E-state index is 12.8. The van der Waals surface area contributed by atoms with Crippen molar-refractivity contribution in [1.29, 1.82) is 0 Å². The highest BCUT2D eigenvalue weighted by molar-refractivity contribution is 5.95. The Morgan fingerprint density at radius 2 is 2.00 bits per heavy atom. The first-order valence-electron chi connectivity index (χ1n) is 8.73. The second-order valence-electron chi connectivity index (χ2n) is 6.37. The number of ether oxygens (including phenoxy) is 1. The number of aryl methyl sites for hydroxylation is 1. The molecule has 0 saturated heterocycles. The van der Waals surface area contributed by atoms with E-state index in [0.717, 1.165) is 36.4 Å². The number of amides is 1. The molecule has 26 heavy (non-hydrogen) atoms. The maximum Gasteiger partial charge on any atom is 0.233 e. The fourth-order valence-corrected chi connectivity index (χ4v) is 3.33. The first-order valence-corrected chi connectivity index (χ1v) is 8.73. The van der Waals surface area contributed by atoms with E-state index in [2.05, 4.69) is 11.2 Å². The molecule has 0 aliphatic carbocycles. The molecule has 1 aliphatic heterocycles. The molecule has 1 amide bonds. The summed E-state index contributed by atoms with van der Waals surface area (Å²) >= 11 is 0. The zero-order valence-corrected chi connectivity index (χ0v) is 14.6. The minimum Gasteiger partial charge on any atom is -0.497 e. The van der Waals surface area contributed by atoms with Crippen LogP contribution in [0.4, 0.5) is 5.69 Å². The summed E-state index contributed by atoms with van der Waals surface area (Å²) in [5, 5.41) is 4.07. The lowest BCUT2D eigenvalue weighted by atomic mass is 10.0. The molecule has 132 valence electrons. The number of carbonyl (C=O) groups excluding carboxylic acids is 1. The highest BCUT2D eigenvalue weighted by atomic mass is 16.5. The summed E-state index contributed by atoms with van der Waals surface area (Å²) in [7, 11) is 1.63. The van der Waals surface area contributed by atoms with E-state index in [0.29, 0.717) is 11.5 Å². The van der Waals surface area contributed by atoms with Crippen molar-refractivity contribution in [2.24, 2.45) is 0 Å². The molecule has 2 heterocycles.